The van der Waals surface area contributed by atoms with Crippen molar-refractivity contribution in [1.29, 1.82) is 0 Å². The topological polar surface area (TPSA) is 49.6 Å². The Kier molecular flexibility index (Phi) is 3.84. The molecule has 1 aliphatic carbocycles. The zero-order valence-corrected chi connectivity index (χ0v) is 12.8. The van der Waals surface area contributed by atoms with Crippen molar-refractivity contribution in [2.24, 2.45) is 0 Å². The van der Waals surface area contributed by atoms with Gasteiger partial charge in [0, 0.05) is 43.9 Å². The molecule has 0 atom stereocenters. The van der Waals surface area contributed by atoms with E-state index in [0.717, 1.165) is 32.0 Å². The zero-order chi connectivity index (χ0) is 16.8. The normalized spacial score (nSPS) is 21.6. The van der Waals surface area contributed by atoms with Crippen LogP contribution in [0, 0.1) is 10.1 Å². The van der Waals surface area contributed by atoms with Crippen molar-refractivity contribution >= 4 is 5.69 Å². The molecule has 1 aromatic rings. The molecule has 1 aromatic carbocycles. The Labute approximate surface area is 131 Å². The molecular weight excluding hydrogens is 311 g/mol. The lowest BCUT2D eigenvalue weighted by Crippen LogP contribution is -2.53. The molecule has 0 aromatic heterocycles. The Bertz CT molecular complexity index is 629. The van der Waals surface area contributed by atoms with Gasteiger partial charge in [-0.25, -0.2) is 0 Å². The van der Waals surface area contributed by atoms with Crippen molar-refractivity contribution < 1.29 is 18.1 Å². The number of piperazine rings is 1. The third-order valence-electron chi connectivity index (χ3n) is 4.78. The summed E-state index contributed by atoms with van der Waals surface area (Å²) in [6.07, 6.45) is -2.61. The van der Waals surface area contributed by atoms with Gasteiger partial charge in [-0.15, -0.1) is 0 Å². The molecule has 1 saturated heterocycles. The SMILES string of the molecule is CN1CCN(Cc2ccc([N+](=O)[O-])cc2C(F)(F)F)C2(CC2)C1. The van der Waals surface area contributed by atoms with Crippen LogP contribution in [-0.4, -0.2) is 46.9 Å². The minimum atomic E-state index is -4.59. The minimum absolute atomic E-state index is 0.0162. The number of nitro groups is 1. The maximum Gasteiger partial charge on any atom is 0.416 e. The van der Waals surface area contributed by atoms with Crippen molar-refractivity contribution in [3.8, 4) is 0 Å². The van der Waals surface area contributed by atoms with Crippen LogP contribution in [0.1, 0.15) is 24.0 Å². The summed E-state index contributed by atoms with van der Waals surface area (Å²) in [5, 5.41) is 10.8. The standard InChI is InChI=1S/C15H18F3N3O2/c1-19-6-7-20(14(10-19)4-5-14)9-11-2-3-12(21(22)23)8-13(11)15(16,17)18/h2-3,8H,4-7,9-10H2,1H3. The number of hydrogen-bond donors (Lipinski definition) is 0. The number of non-ortho nitro benzene ring substituents is 1. The van der Waals surface area contributed by atoms with Crippen LogP contribution in [-0.2, 0) is 12.7 Å². The zero-order valence-electron chi connectivity index (χ0n) is 12.8. The van der Waals surface area contributed by atoms with Crippen LogP contribution < -0.4 is 0 Å². The average Bonchev–Trinajstić information content (AvgIpc) is 3.21. The fourth-order valence-corrected chi connectivity index (χ4v) is 3.36. The molecule has 0 amide bonds. The number of hydrogen-bond acceptors (Lipinski definition) is 4. The Balaban J connectivity index is 1.89. The Morgan fingerprint density at radius 1 is 1.30 bits per heavy atom. The van der Waals surface area contributed by atoms with E-state index < -0.39 is 22.4 Å². The van der Waals surface area contributed by atoms with Crippen LogP contribution in [0.4, 0.5) is 18.9 Å². The van der Waals surface area contributed by atoms with Gasteiger partial charge in [0.25, 0.3) is 5.69 Å². The number of rotatable bonds is 3. The maximum absolute atomic E-state index is 13.3. The first-order valence-electron chi connectivity index (χ1n) is 7.49. The number of alkyl halides is 3. The molecule has 1 saturated carbocycles. The third kappa shape index (κ3) is 3.18. The van der Waals surface area contributed by atoms with Crippen molar-refractivity contribution in [2.45, 2.75) is 31.1 Å². The molecule has 3 rings (SSSR count). The summed E-state index contributed by atoms with van der Waals surface area (Å²) >= 11 is 0. The quantitative estimate of drug-likeness (QED) is 0.632. The summed E-state index contributed by atoms with van der Waals surface area (Å²) < 4.78 is 39.8. The van der Waals surface area contributed by atoms with Crippen LogP contribution in [0.15, 0.2) is 18.2 Å². The van der Waals surface area contributed by atoms with Gasteiger partial charge in [-0.3, -0.25) is 15.0 Å². The van der Waals surface area contributed by atoms with E-state index >= 15 is 0 Å². The highest BCUT2D eigenvalue weighted by Crippen LogP contribution is 2.45. The van der Waals surface area contributed by atoms with E-state index in [0.29, 0.717) is 12.6 Å². The number of nitro benzene ring substituents is 1. The fraction of sp³-hybridized carbons (Fsp3) is 0.600. The van der Waals surface area contributed by atoms with Gasteiger partial charge in [-0.2, -0.15) is 13.2 Å². The summed E-state index contributed by atoms with van der Waals surface area (Å²) in [4.78, 5) is 14.3. The lowest BCUT2D eigenvalue weighted by molar-refractivity contribution is -0.385. The summed E-state index contributed by atoms with van der Waals surface area (Å²) in [5.41, 5.74) is -1.33. The second-order valence-corrected chi connectivity index (χ2v) is 6.48. The first-order valence-corrected chi connectivity index (χ1v) is 7.49. The van der Waals surface area contributed by atoms with Crippen molar-refractivity contribution in [1.82, 2.24) is 9.80 Å². The molecular formula is C15H18F3N3O2. The van der Waals surface area contributed by atoms with Crippen molar-refractivity contribution in [3.05, 3.63) is 39.4 Å². The van der Waals surface area contributed by atoms with E-state index in [4.69, 9.17) is 0 Å². The maximum atomic E-state index is 13.3. The minimum Gasteiger partial charge on any atom is -0.303 e. The first-order chi connectivity index (χ1) is 10.7. The predicted molar refractivity (Wildman–Crippen MR) is 78.0 cm³/mol. The molecule has 1 heterocycles. The summed E-state index contributed by atoms with van der Waals surface area (Å²) in [6.45, 7) is 2.57. The first kappa shape index (κ1) is 16.2. The average molecular weight is 329 g/mol. The van der Waals surface area contributed by atoms with Gasteiger partial charge in [-0.1, -0.05) is 6.07 Å². The van der Waals surface area contributed by atoms with Crippen LogP contribution in [0.3, 0.4) is 0 Å². The number of likely N-dealkylation sites (N-methyl/N-ethyl adjacent to an activating group) is 1. The third-order valence-corrected chi connectivity index (χ3v) is 4.78. The highest BCUT2D eigenvalue weighted by molar-refractivity contribution is 5.41. The highest BCUT2D eigenvalue weighted by atomic mass is 19.4. The molecule has 5 nitrogen and oxygen atoms in total. The van der Waals surface area contributed by atoms with Crippen LogP contribution in [0.2, 0.25) is 0 Å². The highest BCUT2D eigenvalue weighted by Gasteiger charge is 2.50. The fourth-order valence-electron chi connectivity index (χ4n) is 3.36. The van der Waals surface area contributed by atoms with E-state index in [-0.39, 0.29) is 17.6 Å². The Morgan fingerprint density at radius 3 is 2.57 bits per heavy atom. The Hall–Kier alpha value is -1.67. The van der Waals surface area contributed by atoms with Gasteiger partial charge in [0.15, 0.2) is 0 Å². The van der Waals surface area contributed by atoms with E-state index in [9.17, 15) is 23.3 Å². The van der Waals surface area contributed by atoms with E-state index in [1.54, 1.807) is 0 Å². The van der Waals surface area contributed by atoms with Crippen molar-refractivity contribution in [2.75, 3.05) is 26.7 Å². The van der Waals surface area contributed by atoms with Gasteiger partial charge < -0.3 is 4.90 Å². The smallest absolute Gasteiger partial charge is 0.303 e. The largest absolute Gasteiger partial charge is 0.416 e. The summed E-state index contributed by atoms with van der Waals surface area (Å²) in [5.74, 6) is 0. The molecule has 0 radical (unpaired) electrons. The number of benzene rings is 1. The van der Waals surface area contributed by atoms with E-state index in [1.165, 1.54) is 6.07 Å². The molecule has 0 unspecified atom stereocenters. The molecule has 2 fully saturated rings. The van der Waals surface area contributed by atoms with Crippen LogP contribution >= 0.6 is 0 Å². The predicted octanol–water partition coefficient (Wildman–Crippen LogP) is 2.89. The molecule has 0 N–H and O–H groups in total. The lowest BCUT2D eigenvalue weighted by Gasteiger charge is -2.41. The van der Waals surface area contributed by atoms with Gasteiger partial charge in [0.05, 0.1) is 10.5 Å². The molecule has 8 heteroatoms. The van der Waals surface area contributed by atoms with Crippen LogP contribution in [0.25, 0.3) is 0 Å². The second kappa shape index (κ2) is 5.45. The molecule has 2 aliphatic rings. The molecule has 126 valence electrons. The van der Waals surface area contributed by atoms with Gasteiger partial charge in [0.2, 0.25) is 0 Å². The molecule has 23 heavy (non-hydrogen) atoms. The molecule has 1 aliphatic heterocycles. The summed E-state index contributed by atoms with van der Waals surface area (Å²) in [6, 6.07) is 3.04. The lowest BCUT2D eigenvalue weighted by atomic mass is 10.0. The molecule has 1 spiro atoms. The Morgan fingerprint density at radius 2 is 2.00 bits per heavy atom. The number of nitrogens with zero attached hydrogens (tertiary/aromatic N) is 3. The van der Waals surface area contributed by atoms with Gasteiger partial charge in [0.1, 0.15) is 0 Å². The molecule has 0 bridgehead atoms. The van der Waals surface area contributed by atoms with Gasteiger partial charge in [-0.05, 0) is 25.5 Å². The van der Waals surface area contributed by atoms with Crippen LogP contribution in [0.5, 0.6) is 0 Å². The monoisotopic (exact) mass is 329 g/mol. The van der Waals surface area contributed by atoms with Gasteiger partial charge >= 0.3 is 6.18 Å². The van der Waals surface area contributed by atoms with E-state index in [2.05, 4.69) is 9.80 Å². The van der Waals surface area contributed by atoms with Crippen molar-refractivity contribution in [3.63, 3.8) is 0 Å². The second-order valence-electron chi connectivity index (χ2n) is 6.48. The van der Waals surface area contributed by atoms with E-state index in [1.807, 2.05) is 7.05 Å². The number of halogens is 3. The summed E-state index contributed by atoms with van der Waals surface area (Å²) in [7, 11) is 2.02.